The summed E-state index contributed by atoms with van der Waals surface area (Å²) < 4.78 is 26.2. The second kappa shape index (κ2) is 7.63. The minimum Gasteiger partial charge on any atom is -0.302 e. The number of hydrogen-bond donors (Lipinski definition) is 1. The predicted octanol–water partition coefficient (Wildman–Crippen LogP) is 4.00. The number of hydrogen-bond acceptors (Lipinski definition) is 5. The molecule has 0 atom stereocenters. The summed E-state index contributed by atoms with van der Waals surface area (Å²) in [6.07, 6.45) is -0.0885. The number of aromatic nitrogens is 1. The van der Waals surface area contributed by atoms with Crippen LogP contribution in [0.25, 0.3) is 10.2 Å². The Kier molecular flexibility index (Phi) is 5.51. The van der Waals surface area contributed by atoms with Crippen molar-refractivity contribution in [1.82, 2.24) is 4.98 Å². The number of thiazole rings is 1. The van der Waals surface area contributed by atoms with Gasteiger partial charge in [0.2, 0.25) is 5.91 Å². The summed E-state index contributed by atoms with van der Waals surface area (Å²) in [5.41, 5.74) is 1.51. The van der Waals surface area contributed by atoms with Crippen molar-refractivity contribution < 1.29 is 13.2 Å². The lowest BCUT2D eigenvalue weighted by Gasteiger charge is -2.04. The van der Waals surface area contributed by atoms with Gasteiger partial charge in [-0.1, -0.05) is 57.6 Å². The molecule has 25 heavy (non-hydrogen) atoms. The van der Waals surface area contributed by atoms with Crippen LogP contribution in [0.1, 0.15) is 12.0 Å². The summed E-state index contributed by atoms with van der Waals surface area (Å²) in [6, 6.07) is 14.6. The molecule has 1 N–H and O–H groups in total. The van der Waals surface area contributed by atoms with Crippen molar-refractivity contribution in [2.24, 2.45) is 0 Å². The lowest BCUT2D eigenvalue weighted by Crippen LogP contribution is -2.18. The molecule has 0 aliphatic carbocycles. The summed E-state index contributed by atoms with van der Waals surface area (Å²) in [4.78, 5) is 16.4. The van der Waals surface area contributed by atoms with Gasteiger partial charge in [-0.15, -0.1) is 0 Å². The molecular weight excluding hydrogens is 424 g/mol. The number of halogens is 1. The van der Waals surface area contributed by atoms with Crippen molar-refractivity contribution in [1.29, 1.82) is 0 Å². The molecule has 0 unspecified atom stereocenters. The van der Waals surface area contributed by atoms with Crippen LogP contribution in [0.5, 0.6) is 0 Å². The van der Waals surface area contributed by atoms with Crippen LogP contribution in [0, 0.1) is 0 Å². The highest BCUT2D eigenvalue weighted by molar-refractivity contribution is 9.10. The van der Waals surface area contributed by atoms with Crippen LogP contribution in [-0.2, 0) is 20.4 Å². The van der Waals surface area contributed by atoms with Crippen molar-refractivity contribution in [3.63, 3.8) is 0 Å². The SMILES string of the molecule is O=C(CCS(=O)(=O)Cc1ccccc1)Nc1nc2ccc(Br)cc2s1. The highest BCUT2D eigenvalue weighted by atomic mass is 79.9. The number of sulfone groups is 1. The number of anilines is 1. The van der Waals surface area contributed by atoms with Crippen molar-refractivity contribution in [3.05, 3.63) is 58.6 Å². The molecule has 0 aliphatic rings. The molecule has 0 spiro atoms. The van der Waals surface area contributed by atoms with Crippen molar-refractivity contribution in [2.75, 3.05) is 11.1 Å². The van der Waals surface area contributed by atoms with E-state index in [-0.39, 0.29) is 23.8 Å². The molecule has 8 heteroatoms. The van der Waals surface area contributed by atoms with Crippen LogP contribution in [0.2, 0.25) is 0 Å². The number of amides is 1. The van der Waals surface area contributed by atoms with Gasteiger partial charge in [-0.2, -0.15) is 0 Å². The molecule has 1 amide bonds. The minimum atomic E-state index is -3.34. The van der Waals surface area contributed by atoms with Crippen LogP contribution in [-0.4, -0.2) is 25.1 Å². The maximum atomic E-state index is 12.1. The molecule has 5 nitrogen and oxygen atoms in total. The molecule has 0 saturated carbocycles. The molecule has 0 saturated heterocycles. The number of carbonyl (C=O) groups is 1. The van der Waals surface area contributed by atoms with Gasteiger partial charge in [-0.25, -0.2) is 13.4 Å². The standard InChI is InChI=1S/C17H15BrN2O3S2/c18-13-6-7-14-15(10-13)24-17(19-14)20-16(21)8-9-25(22,23)11-12-4-2-1-3-5-12/h1-7,10H,8-9,11H2,(H,19,20,21). The molecule has 3 rings (SSSR count). The van der Waals surface area contributed by atoms with Crippen LogP contribution < -0.4 is 5.32 Å². The zero-order valence-electron chi connectivity index (χ0n) is 13.1. The highest BCUT2D eigenvalue weighted by Crippen LogP contribution is 2.28. The first kappa shape index (κ1) is 18.0. The second-order valence-corrected chi connectivity index (χ2v) is 9.64. The topological polar surface area (TPSA) is 76.1 Å². The zero-order valence-corrected chi connectivity index (χ0v) is 16.3. The monoisotopic (exact) mass is 438 g/mol. The Balaban J connectivity index is 1.58. The summed E-state index contributed by atoms with van der Waals surface area (Å²) >= 11 is 4.74. The van der Waals surface area contributed by atoms with Gasteiger partial charge < -0.3 is 5.32 Å². The van der Waals surface area contributed by atoms with Crippen LogP contribution in [0.15, 0.2) is 53.0 Å². The first-order chi connectivity index (χ1) is 11.9. The molecule has 1 aromatic heterocycles. The van der Waals surface area contributed by atoms with Crippen molar-refractivity contribution in [2.45, 2.75) is 12.2 Å². The predicted molar refractivity (Wildman–Crippen MR) is 104 cm³/mol. The lowest BCUT2D eigenvalue weighted by molar-refractivity contribution is -0.115. The van der Waals surface area contributed by atoms with E-state index in [1.54, 1.807) is 24.3 Å². The summed E-state index contributed by atoms with van der Waals surface area (Å²) in [5.74, 6) is -0.602. The largest absolute Gasteiger partial charge is 0.302 e. The fourth-order valence-corrected chi connectivity index (χ4v) is 5.06. The van der Waals surface area contributed by atoms with E-state index in [9.17, 15) is 13.2 Å². The summed E-state index contributed by atoms with van der Waals surface area (Å²) in [7, 11) is -3.34. The van der Waals surface area contributed by atoms with E-state index in [1.165, 1.54) is 11.3 Å². The average Bonchev–Trinajstić information content (AvgIpc) is 2.95. The third-order valence-corrected chi connectivity index (χ3v) is 6.49. The van der Waals surface area contributed by atoms with E-state index >= 15 is 0 Å². The van der Waals surface area contributed by atoms with E-state index in [1.807, 2.05) is 24.3 Å². The third-order valence-electron chi connectivity index (χ3n) is 3.47. The van der Waals surface area contributed by atoms with Gasteiger partial charge in [0.25, 0.3) is 0 Å². The van der Waals surface area contributed by atoms with E-state index in [0.29, 0.717) is 5.13 Å². The Labute approximate surface area is 158 Å². The maximum Gasteiger partial charge on any atom is 0.227 e. The molecule has 130 valence electrons. The minimum absolute atomic E-state index is 0.0592. The van der Waals surface area contributed by atoms with Crippen LogP contribution >= 0.6 is 27.3 Å². The number of benzene rings is 2. The number of carbonyl (C=O) groups excluding carboxylic acids is 1. The molecular formula is C17H15BrN2O3S2. The van der Waals surface area contributed by atoms with E-state index in [0.717, 1.165) is 20.3 Å². The quantitative estimate of drug-likeness (QED) is 0.630. The summed E-state index contributed by atoms with van der Waals surface area (Å²) in [6.45, 7) is 0. The van der Waals surface area contributed by atoms with Gasteiger partial charge in [-0.05, 0) is 23.8 Å². The van der Waals surface area contributed by atoms with Gasteiger partial charge >= 0.3 is 0 Å². The Bertz CT molecular complexity index is 1000. The normalized spacial score (nSPS) is 11.6. The van der Waals surface area contributed by atoms with Gasteiger partial charge in [0.05, 0.1) is 21.7 Å². The average molecular weight is 439 g/mol. The third kappa shape index (κ3) is 5.10. The van der Waals surface area contributed by atoms with E-state index in [2.05, 4.69) is 26.2 Å². The first-order valence-electron chi connectivity index (χ1n) is 7.52. The molecule has 3 aromatic rings. The van der Waals surface area contributed by atoms with Gasteiger partial charge in [0.15, 0.2) is 15.0 Å². The smallest absolute Gasteiger partial charge is 0.227 e. The molecule has 0 bridgehead atoms. The first-order valence-corrected chi connectivity index (χ1v) is 10.9. The lowest BCUT2D eigenvalue weighted by atomic mass is 10.2. The zero-order chi connectivity index (χ0) is 17.9. The fraction of sp³-hybridized carbons (Fsp3) is 0.176. The second-order valence-electron chi connectivity index (χ2n) is 5.51. The fourth-order valence-electron chi connectivity index (χ4n) is 2.28. The Hall–Kier alpha value is -1.77. The molecule has 0 fully saturated rings. The van der Waals surface area contributed by atoms with Crippen molar-refractivity contribution >= 4 is 58.4 Å². The molecule has 0 aliphatic heterocycles. The molecule has 1 heterocycles. The van der Waals surface area contributed by atoms with Gasteiger partial charge in [0.1, 0.15) is 0 Å². The van der Waals surface area contributed by atoms with Crippen LogP contribution in [0.4, 0.5) is 5.13 Å². The highest BCUT2D eigenvalue weighted by Gasteiger charge is 2.15. The number of fused-ring (bicyclic) bond motifs is 1. The van der Waals surface area contributed by atoms with Crippen LogP contribution in [0.3, 0.4) is 0 Å². The van der Waals surface area contributed by atoms with Crippen molar-refractivity contribution in [3.8, 4) is 0 Å². The van der Waals surface area contributed by atoms with E-state index in [4.69, 9.17) is 0 Å². The maximum absolute atomic E-state index is 12.1. The Morgan fingerprint density at radius 1 is 1.16 bits per heavy atom. The summed E-state index contributed by atoms with van der Waals surface area (Å²) in [5, 5.41) is 3.15. The number of rotatable bonds is 6. The number of nitrogens with zero attached hydrogens (tertiary/aromatic N) is 1. The Morgan fingerprint density at radius 2 is 1.92 bits per heavy atom. The number of nitrogens with one attached hydrogen (secondary N) is 1. The van der Waals surface area contributed by atoms with Gasteiger partial charge in [-0.3, -0.25) is 4.79 Å². The molecule has 0 radical (unpaired) electrons. The van der Waals surface area contributed by atoms with Gasteiger partial charge in [0, 0.05) is 10.9 Å². The molecule has 2 aromatic carbocycles. The van der Waals surface area contributed by atoms with E-state index < -0.39 is 9.84 Å². The Morgan fingerprint density at radius 3 is 2.68 bits per heavy atom.